The van der Waals surface area contributed by atoms with E-state index in [2.05, 4.69) is 40.9 Å². The van der Waals surface area contributed by atoms with Crippen molar-refractivity contribution < 1.29 is 0 Å². The molecule has 0 aromatic carbocycles. The number of hydrogen-bond donors (Lipinski definition) is 0. The summed E-state index contributed by atoms with van der Waals surface area (Å²) in [5.74, 6) is 0. The Hall–Kier alpha value is -0.830. The van der Waals surface area contributed by atoms with Gasteiger partial charge in [-0.15, -0.1) is 0 Å². The van der Waals surface area contributed by atoms with Crippen molar-refractivity contribution in [3.63, 3.8) is 0 Å². The fourth-order valence-corrected chi connectivity index (χ4v) is 1.10. The molecule has 110 valence electrons. The molecule has 0 saturated carbocycles. The summed E-state index contributed by atoms with van der Waals surface area (Å²) >= 11 is 0. The highest BCUT2D eigenvalue weighted by Gasteiger charge is 1.96. The van der Waals surface area contributed by atoms with Crippen molar-refractivity contribution in [1.29, 1.82) is 0 Å². The van der Waals surface area contributed by atoms with Gasteiger partial charge in [0.05, 0.1) is 6.34 Å². The van der Waals surface area contributed by atoms with Crippen LogP contribution in [0.3, 0.4) is 0 Å². The van der Waals surface area contributed by atoms with Gasteiger partial charge < -0.3 is 9.80 Å². The van der Waals surface area contributed by atoms with Gasteiger partial charge in [0.25, 0.3) is 0 Å². The molecule has 3 nitrogen and oxygen atoms in total. The first-order valence-electron chi connectivity index (χ1n) is 7.16. The smallest absolute Gasteiger partial charge is 0.0844 e. The van der Waals surface area contributed by atoms with Crippen LogP contribution < -0.4 is 0 Å². The highest BCUT2D eigenvalue weighted by Crippen LogP contribution is 1.87. The van der Waals surface area contributed by atoms with E-state index in [1.54, 1.807) is 7.05 Å². The maximum Gasteiger partial charge on any atom is 0.0844 e. The van der Waals surface area contributed by atoms with Gasteiger partial charge in [-0.2, -0.15) is 0 Å². The second kappa shape index (κ2) is 21.5. The molecule has 0 amide bonds. The lowest BCUT2D eigenvalue weighted by Gasteiger charge is -2.18. The second-order valence-corrected chi connectivity index (χ2v) is 3.50. The zero-order valence-electron chi connectivity index (χ0n) is 13.9. The van der Waals surface area contributed by atoms with Gasteiger partial charge in [0.2, 0.25) is 0 Å². The fraction of sp³-hybridized carbons (Fsp3) is 0.800. The van der Waals surface area contributed by atoms with Gasteiger partial charge in [-0.3, -0.25) is 4.99 Å². The fourth-order valence-electron chi connectivity index (χ4n) is 1.10. The third-order valence-corrected chi connectivity index (χ3v) is 1.97. The standard InChI is InChI=1S/C11H23N3.2C2H6/c1-5-6-7-8-13(3)9-10-14(4)11-12-2;2*1-2/h6-7,11H,5,8-10H2,1-4H3;2*1-2H3/b7-6+,12-11?;;. The molecule has 0 aromatic heterocycles. The number of allylic oxidation sites excluding steroid dienone is 1. The lowest BCUT2D eigenvalue weighted by atomic mass is 10.4. The molecule has 0 aromatic rings. The van der Waals surface area contributed by atoms with Gasteiger partial charge in [-0.25, -0.2) is 0 Å². The molecule has 0 heterocycles. The minimum Gasteiger partial charge on any atom is -0.365 e. The monoisotopic (exact) mass is 257 g/mol. The molecule has 0 N–H and O–H groups in total. The average Bonchev–Trinajstić information content (AvgIpc) is 2.42. The van der Waals surface area contributed by atoms with Crippen LogP contribution in [0, 0.1) is 0 Å². The van der Waals surface area contributed by atoms with Crippen molar-refractivity contribution in [1.82, 2.24) is 9.80 Å². The van der Waals surface area contributed by atoms with E-state index in [0.717, 1.165) is 26.1 Å². The van der Waals surface area contributed by atoms with Crippen LogP contribution >= 0.6 is 0 Å². The summed E-state index contributed by atoms with van der Waals surface area (Å²) in [6, 6.07) is 0. The molecule has 0 spiro atoms. The third kappa shape index (κ3) is 20.6. The summed E-state index contributed by atoms with van der Waals surface area (Å²) in [4.78, 5) is 8.35. The molecular weight excluding hydrogens is 222 g/mol. The average molecular weight is 257 g/mol. The van der Waals surface area contributed by atoms with Crippen molar-refractivity contribution in [2.24, 2.45) is 4.99 Å². The van der Waals surface area contributed by atoms with E-state index < -0.39 is 0 Å². The third-order valence-electron chi connectivity index (χ3n) is 1.97. The van der Waals surface area contributed by atoms with Crippen LogP contribution in [0.4, 0.5) is 0 Å². The molecule has 0 unspecified atom stereocenters. The zero-order chi connectivity index (χ0) is 14.8. The molecule has 0 aliphatic heterocycles. The summed E-state index contributed by atoms with van der Waals surface area (Å²) in [5.41, 5.74) is 0. The van der Waals surface area contributed by atoms with Gasteiger partial charge in [0.15, 0.2) is 0 Å². The lowest BCUT2D eigenvalue weighted by molar-refractivity contribution is 0.334. The number of rotatable bonds is 7. The van der Waals surface area contributed by atoms with Gasteiger partial charge in [-0.1, -0.05) is 46.8 Å². The van der Waals surface area contributed by atoms with Gasteiger partial charge in [0.1, 0.15) is 0 Å². The maximum absolute atomic E-state index is 3.96. The van der Waals surface area contributed by atoms with Gasteiger partial charge in [-0.05, 0) is 13.5 Å². The van der Waals surface area contributed by atoms with E-state index >= 15 is 0 Å². The van der Waals surface area contributed by atoms with Crippen LogP contribution in [-0.4, -0.2) is 56.9 Å². The molecule has 0 aliphatic rings. The highest BCUT2D eigenvalue weighted by atomic mass is 15.2. The Bertz CT molecular complexity index is 177. The molecule has 0 atom stereocenters. The number of nitrogens with zero attached hydrogens (tertiary/aromatic N) is 3. The summed E-state index contributed by atoms with van der Waals surface area (Å²) in [6.45, 7) is 13.3. The van der Waals surface area contributed by atoms with Crippen molar-refractivity contribution in [3.8, 4) is 0 Å². The molecule has 0 bridgehead atoms. The Morgan fingerprint density at radius 1 is 0.944 bits per heavy atom. The molecule has 0 fully saturated rings. The quantitative estimate of drug-likeness (QED) is 0.395. The van der Waals surface area contributed by atoms with Crippen LogP contribution in [0.1, 0.15) is 41.0 Å². The second-order valence-electron chi connectivity index (χ2n) is 3.50. The van der Waals surface area contributed by atoms with Crippen LogP contribution in [0.25, 0.3) is 0 Å². The Morgan fingerprint density at radius 3 is 1.94 bits per heavy atom. The van der Waals surface area contributed by atoms with Crippen molar-refractivity contribution >= 4 is 6.34 Å². The molecule has 3 heteroatoms. The summed E-state index contributed by atoms with van der Waals surface area (Å²) in [6.07, 6.45) is 7.40. The van der Waals surface area contributed by atoms with E-state index in [-0.39, 0.29) is 0 Å². The molecule has 0 rings (SSSR count). The van der Waals surface area contributed by atoms with Crippen molar-refractivity contribution in [2.75, 3.05) is 40.8 Å². The Kier molecular flexibility index (Phi) is 26.6. The van der Waals surface area contributed by atoms with Crippen LogP contribution in [0.15, 0.2) is 17.1 Å². The van der Waals surface area contributed by atoms with E-state index in [9.17, 15) is 0 Å². The summed E-state index contributed by atoms with van der Waals surface area (Å²) in [7, 11) is 5.98. The molecule has 0 radical (unpaired) electrons. The number of aliphatic imine (C=N–C) groups is 1. The maximum atomic E-state index is 3.96. The topological polar surface area (TPSA) is 18.8 Å². The Balaban J connectivity index is -0.000000506. The molecule has 0 saturated heterocycles. The molecule has 18 heavy (non-hydrogen) atoms. The largest absolute Gasteiger partial charge is 0.365 e. The minimum atomic E-state index is 1.02. The Morgan fingerprint density at radius 2 is 1.50 bits per heavy atom. The first-order chi connectivity index (χ1) is 8.70. The summed E-state index contributed by atoms with van der Waals surface area (Å²) in [5, 5.41) is 0. The zero-order valence-corrected chi connectivity index (χ0v) is 13.9. The van der Waals surface area contributed by atoms with Crippen LogP contribution in [0.5, 0.6) is 0 Å². The van der Waals surface area contributed by atoms with Crippen molar-refractivity contribution in [3.05, 3.63) is 12.2 Å². The summed E-state index contributed by atoms with van der Waals surface area (Å²) < 4.78 is 0. The Labute approximate surface area is 116 Å². The lowest BCUT2D eigenvalue weighted by Crippen LogP contribution is -2.30. The number of hydrogen-bond acceptors (Lipinski definition) is 2. The van der Waals surface area contributed by atoms with Crippen LogP contribution in [0.2, 0.25) is 0 Å². The van der Waals surface area contributed by atoms with Crippen LogP contribution in [-0.2, 0) is 0 Å². The predicted octanol–water partition coefficient (Wildman–Crippen LogP) is 3.53. The van der Waals surface area contributed by atoms with Gasteiger partial charge in [0, 0.05) is 33.7 Å². The van der Waals surface area contributed by atoms with E-state index in [1.807, 2.05) is 41.1 Å². The van der Waals surface area contributed by atoms with E-state index in [0.29, 0.717) is 0 Å². The van der Waals surface area contributed by atoms with Gasteiger partial charge >= 0.3 is 0 Å². The number of likely N-dealkylation sites (N-methyl/N-ethyl adjacent to an activating group) is 2. The molecular formula is C15H35N3. The first kappa shape index (κ1) is 22.4. The normalized spacial score (nSPS) is 10.1. The SMILES string of the molecule is CC.CC.CC/C=C/CN(C)CCN(C)C=NC. The first-order valence-corrected chi connectivity index (χ1v) is 7.16. The highest BCUT2D eigenvalue weighted by molar-refractivity contribution is 5.53. The molecule has 0 aliphatic carbocycles. The van der Waals surface area contributed by atoms with E-state index in [4.69, 9.17) is 0 Å². The van der Waals surface area contributed by atoms with Crippen molar-refractivity contribution in [2.45, 2.75) is 41.0 Å². The minimum absolute atomic E-state index is 1.02. The van der Waals surface area contributed by atoms with E-state index in [1.165, 1.54) is 0 Å². The predicted molar refractivity (Wildman–Crippen MR) is 86.7 cm³/mol.